The fourth-order valence-electron chi connectivity index (χ4n) is 1.57. The lowest BCUT2D eigenvalue weighted by Gasteiger charge is -2.35. The molecule has 0 saturated carbocycles. The van der Waals surface area contributed by atoms with E-state index in [0.717, 1.165) is 0 Å². The molecule has 4 nitrogen and oxygen atoms in total. The fraction of sp³-hybridized carbons (Fsp3) is 0.909. The second-order valence-corrected chi connectivity index (χ2v) is 4.74. The van der Waals surface area contributed by atoms with Gasteiger partial charge in [0, 0.05) is 13.1 Å². The van der Waals surface area contributed by atoms with Crippen LogP contribution in [0.5, 0.6) is 0 Å². The molecule has 0 aromatic heterocycles. The lowest BCUT2D eigenvalue weighted by atomic mass is 9.94. The molecule has 0 radical (unpaired) electrons. The van der Waals surface area contributed by atoms with Gasteiger partial charge < -0.3 is 14.7 Å². The maximum Gasteiger partial charge on any atom is 0.248 e. The number of likely N-dealkylation sites (tertiary alicyclic amines) is 1. The van der Waals surface area contributed by atoms with Crippen molar-refractivity contribution in [2.45, 2.75) is 45.3 Å². The van der Waals surface area contributed by atoms with Gasteiger partial charge in [0.25, 0.3) is 0 Å². The third-order valence-corrected chi connectivity index (χ3v) is 2.73. The summed E-state index contributed by atoms with van der Waals surface area (Å²) in [5.41, 5.74) is -0.602. The maximum absolute atomic E-state index is 11.6. The Hall–Kier alpha value is -0.610. The van der Waals surface area contributed by atoms with Crippen molar-refractivity contribution in [1.82, 2.24) is 4.90 Å². The van der Waals surface area contributed by atoms with E-state index in [4.69, 9.17) is 4.74 Å². The van der Waals surface area contributed by atoms with Crippen LogP contribution in [0.1, 0.15) is 33.6 Å². The minimum absolute atomic E-state index is 0.0270. The van der Waals surface area contributed by atoms with Crippen molar-refractivity contribution in [1.29, 1.82) is 0 Å². The van der Waals surface area contributed by atoms with Crippen LogP contribution in [0.15, 0.2) is 0 Å². The van der Waals surface area contributed by atoms with Gasteiger partial charge in [-0.2, -0.15) is 0 Å². The number of piperidine rings is 1. The molecule has 15 heavy (non-hydrogen) atoms. The predicted octanol–water partition coefficient (Wildman–Crippen LogP) is 0.785. The number of carbonyl (C=O) groups excluding carboxylic acids is 1. The first-order chi connectivity index (χ1) is 6.91. The van der Waals surface area contributed by atoms with Crippen LogP contribution in [0, 0.1) is 0 Å². The number of carbonyl (C=O) groups is 1. The summed E-state index contributed by atoms with van der Waals surface area (Å²) < 4.78 is 5.26. The Morgan fingerprint density at radius 3 is 2.47 bits per heavy atom. The van der Waals surface area contributed by atoms with E-state index >= 15 is 0 Å². The third-order valence-electron chi connectivity index (χ3n) is 2.73. The van der Waals surface area contributed by atoms with Crippen LogP contribution in [0.3, 0.4) is 0 Å². The molecule has 0 spiro atoms. The van der Waals surface area contributed by atoms with Crippen molar-refractivity contribution >= 4 is 5.91 Å². The summed E-state index contributed by atoms with van der Waals surface area (Å²) >= 11 is 0. The lowest BCUT2D eigenvalue weighted by Crippen LogP contribution is -2.46. The number of hydrogen-bond acceptors (Lipinski definition) is 3. The van der Waals surface area contributed by atoms with Crippen LogP contribution in [-0.2, 0) is 9.53 Å². The molecule has 1 heterocycles. The Morgan fingerprint density at radius 2 is 2.00 bits per heavy atom. The van der Waals surface area contributed by atoms with Gasteiger partial charge in [0.1, 0.15) is 6.61 Å². The summed E-state index contributed by atoms with van der Waals surface area (Å²) in [6.45, 7) is 7.06. The van der Waals surface area contributed by atoms with Gasteiger partial charge >= 0.3 is 0 Å². The number of amides is 1. The van der Waals surface area contributed by atoms with Crippen molar-refractivity contribution in [3.05, 3.63) is 0 Å². The predicted molar refractivity (Wildman–Crippen MR) is 57.5 cm³/mol. The average Bonchev–Trinajstić information content (AvgIpc) is 2.14. The molecular formula is C11H21NO3. The Kier molecular flexibility index (Phi) is 4.11. The molecular weight excluding hydrogens is 194 g/mol. The molecule has 0 unspecified atom stereocenters. The van der Waals surface area contributed by atoms with Crippen LogP contribution in [0.4, 0.5) is 0 Å². The van der Waals surface area contributed by atoms with Gasteiger partial charge in [0.15, 0.2) is 0 Å². The van der Waals surface area contributed by atoms with Crippen LogP contribution < -0.4 is 0 Å². The van der Waals surface area contributed by atoms with Gasteiger partial charge in [-0.25, -0.2) is 0 Å². The quantitative estimate of drug-likeness (QED) is 0.757. The molecule has 0 bridgehead atoms. The first-order valence-corrected chi connectivity index (χ1v) is 5.52. The van der Waals surface area contributed by atoms with Gasteiger partial charge in [-0.3, -0.25) is 4.79 Å². The SMILES string of the molecule is CC(C)OCC(=O)N1CCC(C)(O)CC1. The zero-order chi connectivity index (χ0) is 11.5. The van der Waals surface area contributed by atoms with Crippen LogP contribution in [-0.4, -0.2) is 47.3 Å². The minimum Gasteiger partial charge on any atom is -0.390 e. The molecule has 4 heteroatoms. The zero-order valence-electron chi connectivity index (χ0n) is 9.82. The van der Waals surface area contributed by atoms with Crippen LogP contribution in [0.25, 0.3) is 0 Å². The molecule has 88 valence electrons. The van der Waals surface area contributed by atoms with E-state index in [-0.39, 0.29) is 18.6 Å². The fourth-order valence-corrected chi connectivity index (χ4v) is 1.57. The highest BCUT2D eigenvalue weighted by atomic mass is 16.5. The van der Waals surface area contributed by atoms with E-state index in [1.807, 2.05) is 20.8 Å². The number of aliphatic hydroxyl groups is 1. The normalized spacial score (nSPS) is 20.7. The van der Waals surface area contributed by atoms with Gasteiger partial charge in [0.2, 0.25) is 5.91 Å². The molecule has 0 atom stereocenters. The van der Waals surface area contributed by atoms with Crippen molar-refractivity contribution in [2.24, 2.45) is 0 Å². The molecule has 1 aliphatic rings. The first kappa shape index (κ1) is 12.5. The Labute approximate surface area is 91.2 Å². The van der Waals surface area contributed by atoms with Gasteiger partial charge in [0.05, 0.1) is 11.7 Å². The summed E-state index contributed by atoms with van der Waals surface area (Å²) in [5, 5.41) is 9.72. The highest BCUT2D eigenvalue weighted by molar-refractivity contribution is 5.77. The van der Waals surface area contributed by atoms with Crippen molar-refractivity contribution in [2.75, 3.05) is 19.7 Å². The minimum atomic E-state index is -0.602. The molecule has 1 fully saturated rings. The molecule has 0 aromatic carbocycles. The van der Waals surface area contributed by atoms with Gasteiger partial charge in [-0.05, 0) is 33.6 Å². The summed E-state index contributed by atoms with van der Waals surface area (Å²) in [7, 11) is 0. The summed E-state index contributed by atoms with van der Waals surface area (Å²) in [6, 6.07) is 0. The average molecular weight is 215 g/mol. The van der Waals surface area contributed by atoms with Crippen molar-refractivity contribution in [3.63, 3.8) is 0 Å². The number of hydrogen-bond donors (Lipinski definition) is 1. The second-order valence-electron chi connectivity index (χ2n) is 4.74. The molecule has 1 aliphatic heterocycles. The number of nitrogens with zero attached hydrogens (tertiary/aromatic N) is 1. The molecule has 1 rings (SSSR count). The summed E-state index contributed by atoms with van der Waals surface area (Å²) in [5.74, 6) is 0.0270. The Morgan fingerprint density at radius 1 is 1.47 bits per heavy atom. The molecule has 1 saturated heterocycles. The monoisotopic (exact) mass is 215 g/mol. The van der Waals surface area contributed by atoms with Crippen LogP contribution >= 0.6 is 0 Å². The first-order valence-electron chi connectivity index (χ1n) is 5.52. The van der Waals surface area contributed by atoms with E-state index in [1.54, 1.807) is 4.90 Å². The Balaban J connectivity index is 2.30. The van der Waals surface area contributed by atoms with E-state index in [9.17, 15) is 9.90 Å². The van der Waals surface area contributed by atoms with Crippen molar-refractivity contribution in [3.8, 4) is 0 Å². The smallest absolute Gasteiger partial charge is 0.248 e. The number of ether oxygens (including phenoxy) is 1. The summed E-state index contributed by atoms with van der Waals surface area (Å²) in [6.07, 6.45) is 1.39. The third kappa shape index (κ3) is 4.18. The van der Waals surface area contributed by atoms with E-state index in [0.29, 0.717) is 25.9 Å². The van der Waals surface area contributed by atoms with Crippen molar-refractivity contribution < 1.29 is 14.6 Å². The van der Waals surface area contributed by atoms with Crippen LogP contribution in [0.2, 0.25) is 0 Å². The Bertz CT molecular complexity index is 216. The molecule has 1 amide bonds. The van der Waals surface area contributed by atoms with E-state index < -0.39 is 5.60 Å². The molecule has 0 aliphatic carbocycles. The van der Waals surface area contributed by atoms with Gasteiger partial charge in [-0.1, -0.05) is 0 Å². The zero-order valence-corrected chi connectivity index (χ0v) is 9.82. The van der Waals surface area contributed by atoms with Gasteiger partial charge in [-0.15, -0.1) is 0 Å². The van der Waals surface area contributed by atoms with E-state index in [2.05, 4.69) is 0 Å². The number of rotatable bonds is 3. The summed E-state index contributed by atoms with van der Waals surface area (Å²) in [4.78, 5) is 13.4. The highest BCUT2D eigenvalue weighted by Gasteiger charge is 2.29. The largest absolute Gasteiger partial charge is 0.390 e. The topological polar surface area (TPSA) is 49.8 Å². The highest BCUT2D eigenvalue weighted by Crippen LogP contribution is 2.20. The second kappa shape index (κ2) is 4.94. The van der Waals surface area contributed by atoms with E-state index in [1.165, 1.54) is 0 Å². The molecule has 0 aromatic rings. The maximum atomic E-state index is 11.6. The standard InChI is InChI=1S/C11H21NO3/c1-9(2)15-8-10(13)12-6-4-11(3,14)5-7-12/h9,14H,4-8H2,1-3H3. The molecule has 1 N–H and O–H groups in total. The lowest BCUT2D eigenvalue weighted by molar-refractivity contribution is -0.141.